The van der Waals surface area contributed by atoms with E-state index in [1.165, 1.54) is 19.2 Å². The van der Waals surface area contributed by atoms with E-state index >= 15 is 0 Å². The van der Waals surface area contributed by atoms with E-state index in [1.807, 2.05) is 0 Å². The number of ether oxygens (including phenoxy) is 2. The van der Waals surface area contributed by atoms with Gasteiger partial charge in [0.2, 0.25) is 5.91 Å². The Morgan fingerprint density at radius 3 is 2.87 bits per heavy atom. The maximum Gasteiger partial charge on any atom is 0.253 e. The average Bonchev–Trinajstić information content (AvgIpc) is 2.55. The summed E-state index contributed by atoms with van der Waals surface area (Å²) in [5.41, 5.74) is -1.05. The van der Waals surface area contributed by atoms with Crippen LogP contribution in [-0.4, -0.2) is 55.7 Å². The van der Waals surface area contributed by atoms with Crippen molar-refractivity contribution in [2.24, 2.45) is 0 Å². The molecule has 1 atom stereocenters. The minimum atomic E-state index is -1.05. The van der Waals surface area contributed by atoms with Crippen LogP contribution in [0.4, 0.5) is 4.39 Å². The van der Waals surface area contributed by atoms with Crippen molar-refractivity contribution in [3.63, 3.8) is 0 Å². The van der Waals surface area contributed by atoms with Crippen molar-refractivity contribution in [3.05, 3.63) is 30.1 Å². The van der Waals surface area contributed by atoms with E-state index in [2.05, 4.69) is 5.32 Å². The lowest BCUT2D eigenvalue weighted by Gasteiger charge is -2.39. The predicted molar refractivity (Wildman–Crippen MR) is 81.5 cm³/mol. The molecule has 1 N–H and O–H groups in total. The number of benzene rings is 1. The Kier molecular flexibility index (Phi) is 5.54. The van der Waals surface area contributed by atoms with E-state index in [-0.39, 0.29) is 37.1 Å². The quantitative estimate of drug-likeness (QED) is 0.876. The molecule has 0 aromatic heterocycles. The first-order chi connectivity index (χ1) is 11.0. The Labute approximate surface area is 134 Å². The van der Waals surface area contributed by atoms with Crippen molar-refractivity contribution in [2.45, 2.75) is 18.9 Å². The first kappa shape index (κ1) is 17.2. The number of nitrogens with one attached hydrogen (secondary N) is 1. The van der Waals surface area contributed by atoms with Crippen LogP contribution in [0.25, 0.3) is 0 Å². The SMILES string of the molecule is CNC(=O)[C@]1(C)CN(C(=O)CCOc2ccccc2F)CCO1. The Morgan fingerprint density at radius 2 is 2.17 bits per heavy atom. The highest BCUT2D eigenvalue weighted by Gasteiger charge is 2.39. The third kappa shape index (κ3) is 4.19. The molecular formula is C16H21FN2O4. The molecule has 0 unspecified atom stereocenters. The van der Waals surface area contributed by atoms with Crippen LogP contribution in [0.1, 0.15) is 13.3 Å². The second-order valence-corrected chi connectivity index (χ2v) is 5.50. The molecule has 0 spiro atoms. The summed E-state index contributed by atoms with van der Waals surface area (Å²) in [4.78, 5) is 25.7. The van der Waals surface area contributed by atoms with E-state index in [9.17, 15) is 14.0 Å². The summed E-state index contributed by atoms with van der Waals surface area (Å²) >= 11 is 0. The fourth-order valence-electron chi connectivity index (χ4n) is 2.45. The Bertz CT molecular complexity index is 581. The number of morpholine rings is 1. The van der Waals surface area contributed by atoms with Crippen LogP contribution < -0.4 is 10.1 Å². The first-order valence-corrected chi connectivity index (χ1v) is 7.47. The molecule has 126 valence electrons. The van der Waals surface area contributed by atoms with Crippen LogP contribution >= 0.6 is 0 Å². The van der Waals surface area contributed by atoms with Gasteiger partial charge in [-0.2, -0.15) is 0 Å². The summed E-state index contributed by atoms with van der Waals surface area (Å²) in [5.74, 6) is -0.756. The molecule has 1 aliphatic heterocycles. The number of halogens is 1. The zero-order valence-corrected chi connectivity index (χ0v) is 13.3. The van der Waals surface area contributed by atoms with Crippen molar-refractivity contribution in [3.8, 4) is 5.75 Å². The van der Waals surface area contributed by atoms with E-state index in [4.69, 9.17) is 9.47 Å². The second kappa shape index (κ2) is 7.41. The minimum Gasteiger partial charge on any atom is -0.490 e. The number of hydrogen-bond acceptors (Lipinski definition) is 4. The largest absolute Gasteiger partial charge is 0.490 e. The molecule has 2 rings (SSSR count). The molecule has 1 aromatic carbocycles. The highest BCUT2D eigenvalue weighted by molar-refractivity contribution is 5.86. The summed E-state index contributed by atoms with van der Waals surface area (Å²) in [6.45, 7) is 2.63. The van der Waals surface area contributed by atoms with Gasteiger partial charge in [-0.05, 0) is 19.1 Å². The van der Waals surface area contributed by atoms with E-state index in [1.54, 1.807) is 24.0 Å². The standard InChI is InChI=1S/C16H21FN2O4/c1-16(15(21)18-2)11-19(8-10-23-16)14(20)7-9-22-13-6-4-3-5-12(13)17/h3-6H,7-11H2,1-2H3,(H,18,21)/t16-/m0/s1. The molecule has 2 amide bonds. The van der Waals surface area contributed by atoms with Gasteiger partial charge in [-0.1, -0.05) is 12.1 Å². The van der Waals surface area contributed by atoms with E-state index < -0.39 is 11.4 Å². The van der Waals surface area contributed by atoms with E-state index in [0.29, 0.717) is 13.2 Å². The molecule has 1 fully saturated rings. The van der Waals surface area contributed by atoms with Crippen LogP contribution in [0.2, 0.25) is 0 Å². The summed E-state index contributed by atoms with van der Waals surface area (Å²) in [6, 6.07) is 6.04. The number of rotatable bonds is 5. The Morgan fingerprint density at radius 1 is 1.43 bits per heavy atom. The number of hydrogen-bond donors (Lipinski definition) is 1. The fourth-order valence-corrected chi connectivity index (χ4v) is 2.45. The van der Waals surface area contributed by atoms with Crippen LogP contribution in [0.3, 0.4) is 0 Å². The molecule has 1 heterocycles. The predicted octanol–water partition coefficient (Wildman–Crippen LogP) is 0.958. The number of amides is 2. The van der Waals surface area contributed by atoms with E-state index in [0.717, 1.165) is 0 Å². The summed E-state index contributed by atoms with van der Waals surface area (Å²) in [7, 11) is 1.53. The highest BCUT2D eigenvalue weighted by atomic mass is 19.1. The molecule has 0 radical (unpaired) electrons. The number of carbonyl (C=O) groups excluding carboxylic acids is 2. The Hall–Kier alpha value is -2.15. The number of carbonyl (C=O) groups is 2. The van der Waals surface area contributed by atoms with Crippen molar-refractivity contribution >= 4 is 11.8 Å². The van der Waals surface area contributed by atoms with Gasteiger partial charge in [0.25, 0.3) is 5.91 Å². The monoisotopic (exact) mass is 324 g/mol. The molecule has 1 aliphatic rings. The molecule has 0 saturated carbocycles. The maximum absolute atomic E-state index is 13.4. The summed E-state index contributed by atoms with van der Waals surface area (Å²) in [6.07, 6.45) is 0.109. The molecule has 6 nitrogen and oxygen atoms in total. The third-order valence-corrected chi connectivity index (χ3v) is 3.74. The van der Waals surface area contributed by atoms with Crippen LogP contribution in [-0.2, 0) is 14.3 Å². The third-order valence-electron chi connectivity index (χ3n) is 3.74. The lowest BCUT2D eigenvalue weighted by molar-refractivity contribution is -0.162. The zero-order valence-electron chi connectivity index (χ0n) is 13.3. The number of para-hydroxylation sites is 1. The first-order valence-electron chi connectivity index (χ1n) is 7.47. The van der Waals surface area contributed by atoms with Crippen molar-refractivity contribution in [2.75, 3.05) is 33.4 Å². The van der Waals surface area contributed by atoms with Crippen molar-refractivity contribution in [1.29, 1.82) is 0 Å². The minimum absolute atomic E-state index is 0.0772. The number of nitrogens with zero attached hydrogens (tertiary/aromatic N) is 1. The van der Waals surface area contributed by atoms with Gasteiger partial charge in [-0.25, -0.2) is 4.39 Å². The molecule has 1 saturated heterocycles. The molecule has 7 heteroatoms. The van der Waals surface area contributed by atoms with Crippen LogP contribution in [0, 0.1) is 5.82 Å². The second-order valence-electron chi connectivity index (χ2n) is 5.50. The van der Waals surface area contributed by atoms with Gasteiger partial charge in [0.15, 0.2) is 17.2 Å². The van der Waals surface area contributed by atoms with Gasteiger partial charge < -0.3 is 19.7 Å². The molecule has 1 aromatic rings. The normalized spacial score (nSPS) is 20.9. The van der Waals surface area contributed by atoms with Gasteiger partial charge in [-0.3, -0.25) is 9.59 Å². The van der Waals surface area contributed by atoms with Crippen LogP contribution in [0.5, 0.6) is 5.75 Å². The fraction of sp³-hybridized carbons (Fsp3) is 0.500. The molecule has 0 bridgehead atoms. The van der Waals surface area contributed by atoms with Crippen molar-refractivity contribution < 1.29 is 23.5 Å². The number of likely N-dealkylation sites (N-methyl/N-ethyl adjacent to an activating group) is 1. The molecular weight excluding hydrogens is 303 g/mol. The average molecular weight is 324 g/mol. The summed E-state index contributed by atoms with van der Waals surface area (Å²) < 4.78 is 24.2. The lowest BCUT2D eigenvalue weighted by atomic mass is 10.0. The Balaban J connectivity index is 1.86. The van der Waals surface area contributed by atoms with Crippen molar-refractivity contribution in [1.82, 2.24) is 10.2 Å². The maximum atomic E-state index is 13.4. The van der Waals surface area contributed by atoms with Crippen LogP contribution in [0.15, 0.2) is 24.3 Å². The smallest absolute Gasteiger partial charge is 0.253 e. The van der Waals surface area contributed by atoms with Gasteiger partial charge in [0.05, 0.1) is 26.2 Å². The topological polar surface area (TPSA) is 67.9 Å². The van der Waals surface area contributed by atoms with Gasteiger partial charge >= 0.3 is 0 Å². The van der Waals surface area contributed by atoms with Gasteiger partial charge in [0, 0.05) is 13.6 Å². The highest BCUT2D eigenvalue weighted by Crippen LogP contribution is 2.19. The summed E-state index contributed by atoms with van der Waals surface area (Å²) in [5, 5.41) is 2.54. The van der Waals surface area contributed by atoms with Gasteiger partial charge in [-0.15, -0.1) is 0 Å². The zero-order chi connectivity index (χ0) is 16.9. The van der Waals surface area contributed by atoms with Gasteiger partial charge in [0.1, 0.15) is 0 Å². The molecule has 0 aliphatic carbocycles. The lowest BCUT2D eigenvalue weighted by Crippen LogP contribution is -2.58. The molecule has 23 heavy (non-hydrogen) atoms.